The van der Waals surface area contributed by atoms with Gasteiger partial charge in [0, 0.05) is 11.5 Å². The number of imidazole rings is 1. The van der Waals surface area contributed by atoms with Gasteiger partial charge in [0.1, 0.15) is 5.76 Å². The lowest BCUT2D eigenvalue weighted by molar-refractivity contribution is -0.119. The molecule has 1 N–H and O–H groups in total. The Kier molecular flexibility index (Phi) is 5.52. The molecule has 0 spiro atoms. The van der Waals surface area contributed by atoms with Crippen molar-refractivity contribution in [3.8, 4) is 0 Å². The topological polar surface area (TPSA) is 68.5 Å². The third-order valence-corrected chi connectivity index (χ3v) is 3.73. The van der Waals surface area contributed by atoms with Crippen molar-refractivity contribution in [3.05, 3.63) is 55.1 Å². The fourth-order valence-corrected chi connectivity index (χ4v) is 2.00. The van der Waals surface area contributed by atoms with Crippen molar-refractivity contribution in [1.29, 1.82) is 0 Å². The molecule has 6 nitrogen and oxygen atoms in total. The second-order valence-electron chi connectivity index (χ2n) is 5.42. The van der Waals surface area contributed by atoms with Crippen molar-refractivity contribution < 1.29 is 9.53 Å². The number of fused-ring (bicyclic) bond motifs is 1. The smallest absolute Gasteiger partial charge is 0.228 e. The van der Waals surface area contributed by atoms with Crippen LogP contribution in [0.15, 0.2) is 49.4 Å². The summed E-state index contributed by atoms with van der Waals surface area (Å²) in [6.07, 6.45) is 5.90. The zero-order valence-electron chi connectivity index (χ0n) is 14.2. The zero-order chi connectivity index (χ0) is 17.7. The highest BCUT2D eigenvalue weighted by molar-refractivity contribution is 5.91. The molecule has 1 amide bonds. The van der Waals surface area contributed by atoms with E-state index in [1.54, 1.807) is 30.0 Å². The molecule has 2 rings (SSSR count). The maximum absolute atomic E-state index is 12.0. The van der Waals surface area contributed by atoms with E-state index in [0.29, 0.717) is 22.9 Å². The maximum atomic E-state index is 12.0. The van der Waals surface area contributed by atoms with Crippen LogP contribution >= 0.6 is 0 Å². The largest absolute Gasteiger partial charge is 0.497 e. The van der Waals surface area contributed by atoms with Crippen LogP contribution in [-0.4, -0.2) is 27.6 Å². The van der Waals surface area contributed by atoms with Gasteiger partial charge < -0.3 is 10.1 Å². The number of hydrogen-bond acceptors (Lipinski definition) is 4. The SMILES string of the molecule is C=C/C(=C\C(=C)OC)c1ccc2nc(NC(=O)C(C)CC)cn2n1. The van der Waals surface area contributed by atoms with E-state index in [0.717, 1.165) is 12.0 Å². The van der Waals surface area contributed by atoms with E-state index in [9.17, 15) is 4.79 Å². The molecule has 0 aliphatic heterocycles. The third kappa shape index (κ3) is 3.90. The van der Waals surface area contributed by atoms with Gasteiger partial charge >= 0.3 is 0 Å². The van der Waals surface area contributed by atoms with Gasteiger partial charge in [-0.1, -0.05) is 33.1 Å². The summed E-state index contributed by atoms with van der Waals surface area (Å²) in [6.45, 7) is 11.4. The molecule has 24 heavy (non-hydrogen) atoms. The molecule has 6 heteroatoms. The Labute approximate surface area is 141 Å². The molecular formula is C18H22N4O2. The molecule has 2 heterocycles. The minimum Gasteiger partial charge on any atom is -0.497 e. The van der Waals surface area contributed by atoms with Gasteiger partial charge in [0.25, 0.3) is 0 Å². The first-order chi connectivity index (χ1) is 11.5. The minimum atomic E-state index is -0.0614. The summed E-state index contributed by atoms with van der Waals surface area (Å²) in [4.78, 5) is 16.3. The molecule has 0 radical (unpaired) electrons. The molecule has 0 fully saturated rings. The lowest BCUT2D eigenvalue weighted by atomic mass is 10.1. The number of ether oxygens (including phenoxy) is 1. The molecule has 0 saturated carbocycles. The number of hydrogen-bond donors (Lipinski definition) is 1. The average Bonchev–Trinajstić information content (AvgIpc) is 2.99. The zero-order valence-corrected chi connectivity index (χ0v) is 14.2. The highest BCUT2D eigenvalue weighted by Gasteiger charge is 2.13. The summed E-state index contributed by atoms with van der Waals surface area (Å²) in [5, 5.41) is 7.30. The van der Waals surface area contributed by atoms with E-state index in [1.807, 2.05) is 26.0 Å². The van der Waals surface area contributed by atoms with Gasteiger partial charge in [-0.15, -0.1) is 0 Å². The Hall–Kier alpha value is -2.89. The molecule has 1 unspecified atom stereocenters. The molecule has 0 bridgehead atoms. The number of carbonyl (C=O) groups is 1. The average molecular weight is 326 g/mol. The highest BCUT2D eigenvalue weighted by Crippen LogP contribution is 2.17. The van der Waals surface area contributed by atoms with Crippen LogP contribution in [0.25, 0.3) is 11.2 Å². The van der Waals surface area contributed by atoms with E-state index < -0.39 is 0 Å². The highest BCUT2D eigenvalue weighted by atomic mass is 16.5. The Morgan fingerprint density at radius 1 is 1.50 bits per heavy atom. The first-order valence-electron chi connectivity index (χ1n) is 7.73. The lowest BCUT2D eigenvalue weighted by Crippen LogP contribution is -2.19. The molecule has 0 aliphatic rings. The quantitative estimate of drug-likeness (QED) is 0.625. The van der Waals surface area contributed by atoms with Gasteiger partial charge in [-0.25, -0.2) is 9.50 Å². The summed E-state index contributed by atoms with van der Waals surface area (Å²) < 4.78 is 6.68. The molecule has 2 aromatic rings. The standard InChI is InChI=1S/C18H22N4O2/c1-6-12(3)18(23)20-16-11-22-17(19-16)9-8-15(21-22)14(7-2)10-13(4)24-5/h7-12H,2,4,6H2,1,3,5H3,(H,20,23)/b14-10+. The molecule has 0 saturated heterocycles. The van der Waals surface area contributed by atoms with E-state index in [4.69, 9.17) is 4.74 Å². The van der Waals surface area contributed by atoms with Gasteiger partial charge in [-0.2, -0.15) is 5.10 Å². The second-order valence-corrected chi connectivity index (χ2v) is 5.42. The Balaban J connectivity index is 2.31. The lowest BCUT2D eigenvalue weighted by Gasteiger charge is -2.06. The fraction of sp³-hybridized carbons (Fsp3) is 0.278. The number of nitrogens with zero attached hydrogens (tertiary/aromatic N) is 3. The number of rotatable bonds is 7. The van der Waals surface area contributed by atoms with E-state index >= 15 is 0 Å². The molecular weight excluding hydrogens is 304 g/mol. The van der Waals surface area contributed by atoms with Crippen molar-refractivity contribution in [2.45, 2.75) is 20.3 Å². The molecule has 126 valence electrons. The number of anilines is 1. The van der Waals surface area contributed by atoms with E-state index in [1.165, 1.54) is 0 Å². The number of carbonyl (C=O) groups excluding carboxylic acids is 1. The van der Waals surface area contributed by atoms with Crippen LogP contribution in [-0.2, 0) is 9.53 Å². The Morgan fingerprint density at radius 3 is 2.88 bits per heavy atom. The number of amides is 1. The van der Waals surface area contributed by atoms with Crippen molar-refractivity contribution in [1.82, 2.24) is 14.6 Å². The van der Waals surface area contributed by atoms with Gasteiger partial charge in [-0.3, -0.25) is 4.79 Å². The predicted molar refractivity (Wildman–Crippen MR) is 95.4 cm³/mol. The molecule has 0 aromatic carbocycles. The van der Waals surface area contributed by atoms with E-state index in [-0.39, 0.29) is 11.8 Å². The second kappa shape index (κ2) is 7.59. The number of aromatic nitrogens is 3. The molecule has 0 aliphatic carbocycles. The normalized spacial score (nSPS) is 12.7. The molecule has 2 aromatic heterocycles. The van der Waals surface area contributed by atoms with Crippen LogP contribution in [0.3, 0.4) is 0 Å². The van der Waals surface area contributed by atoms with Gasteiger partial charge in [0.2, 0.25) is 5.91 Å². The number of allylic oxidation sites excluding steroid dienone is 3. The van der Waals surface area contributed by atoms with Crippen LogP contribution in [0.1, 0.15) is 26.0 Å². The third-order valence-electron chi connectivity index (χ3n) is 3.73. The molecule has 1 atom stereocenters. The summed E-state index contributed by atoms with van der Waals surface area (Å²) >= 11 is 0. The Bertz CT molecular complexity index is 804. The first-order valence-corrected chi connectivity index (χ1v) is 7.73. The van der Waals surface area contributed by atoms with Gasteiger partial charge in [0.05, 0.1) is 19.0 Å². The van der Waals surface area contributed by atoms with Crippen LogP contribution in [0.2, 0.25) is 0 Å². The van der Waals surface area contributed by atoms with Crippen LogP contribution in [0.5, 0.6) is 0 Å². The fourth-order valence-electron chi connectivity index (χ4n) is 2.00. The Morgan fingerprint density at radius 2 is 2.25 bits per heavy atom. The van der Waals surface area contributed by atoms with Crippen molar-refractivity contribution >= 4 is 22.9 Å². The van der Waals surface area contributed by atoms with Crippen molar-refractivity contribution in [2.75, 3.05) is 12.4 Å². The van der Waals surface area contributed by atoms with Crippen molar-refractivity contribution in [3.63, 3.8) is 0 Å². The first kappa shape index (κ1) is 17.5. The summed E-state index contributed by atoms with van der Waals surface area (Å²) in [7, 11) is 1.55. The van der Waals surface area contributed by atoms with Gasteiger partial charge in [0.15, 0.2) is 11.5 Å². The van der Waals surface area contributed by atoms with E-state index in [2.05, 4.69) is 28.6 Å². The van der Waals surface area contributed by atoms with Crippen LogP contribution in [0.4, 0.5) is 5.82 Å². The monoisotopic (exact) mass is 326 g/mol. The summed E-state index contributed by atoms with van der Waals surface area (Å²) in [5.41, 5.74) is 2.13. The summed E-state index contributed by atoms with van der Waals surface area (Å²) in [5.74, 6) is 0.882. The van der Waals surface area contributed by atoms with Crippen LogP contribution < -0.4 is 5.32 Å². The predicted octanol–water partition coefficient (Wildman–Crippen LogP) is 3.44. The maximum Gasteiger partial charge on any atom is 0.228 e. The van der Waals surface area contributed by atoms with Gasteiger partial charge in [-0.05, 0) is 24.6 Å². The van der Waals surface area contributed by atoms with Crippen LogP contribution in [0, 0.1) is 5.92 Å². The number of nitrogens with one attached hydrogen (secondary N) is 1. The minimum absolute atomic E-state index is 0.0517. The summed E-state index contributed by atoms with van der Waals surface area (Å²) in [6, 6.07) is 3.66. The number of methoxy groups -OCH3 is 1. The van der Waals surface area contributed by atoms with Crippen molar-refractivity contribution in [2.24, 2.45) is 5.92 Å².